The Kier molecular flexibility index (Phi) is 6.64. The first-order chi connectivity index (χ1) is 17.7. The van der Waals surface area contributed by atoms with Crippen LogP contribution in [0.15, 0.2) is 54.6 Å². The van der Waals surface area contributed by atoms with E-state index in [4.69, 9.17) is 14.5 Å². The highest BCUT2D eigenvalue weighted by Crippen LogP contribution is 2.31. The number of benzene rings is 2. The second-order valence-electron chi connectivity index (χ2n) is 10.2. The molecule has 3 aliphatic rings. The number of aromatic nitrogens is 1. The van der Waals surface area contributed by atoms with Crippen LogP contribution in [0.4, 0.5) is 5.82 Å². The summed E-state index contributed by atoms with van der Waals surface area (Å²) in [5.41, 5.74) is 2.16. The van der Waals surface area contributed by atoms with E-state index in [-0.39, 0.29) is 17.9 Å². The zero-order valence-electron chi connectivity index (χ0n) is 20.7. The third-order valence-corrected chi connectivity index (χ3v) is 7.58. The van der Waals surface area contributed by atoms with Crippen molar-refractivity contribution >= 4 is 22.6 Å². The number of rotatable bonds is 7. The summed E-state index contributed by atoms with van der Waals surface area (Å²) in [6, 6.07) is 18.6. The molecule has 6 rings (SSSR count). The van der Waals surface area contributed by atoms with Crippen LogP contribution >= 0.6 is 0 Å². The minimum atomic E-state index is -0.0281. The molecular weight excluding hydrogens is 452 g/mol. The first kappa shape index (κ1) is 23.1. The summed E-state index contributed by atoms with van der Waals surface area (Å²) in [6.45, 7) is 5.82. The van der Waals surface area contributed by atoms with E-state index in [1.165, 1.54) is 12.8 Å². The Morgan fingerprint density at radius 1 is 1.00 bits per heavy atom. The number of nitrogens with zero attached hydrogens (tertiary/aromatic N) is 3. The fraction of sp³-hybridized carbons (Fsp3) is 0.448. The Balaban J connectivity index is 1.12. The lowest BCUT2D eigenvalue weighted by atomic mass is 10.0. The number of fused-ring (bicyclic) bond motifs is 2. The first-order valence-corrected chi connectivity index (χ1v) is 13.2. The number of anilines is 1. The molecule has 7 nitrogen and oxygen atoms in total. The van der Waals surface area contributed by atoms with E-state index in [0.29, 0.717) is 19.8 Å². The van der Waals surface area contributed by atoms with Gasteiger partial charge in [0.25, 0.3) is 0 Å². The number of pyridine rings is 1. The molecule has 2 saturated heterocycles. The summed E-state index contributed by atoms with van der Waals surface area (Å²) in [5.74, 6) is 2.69. The molecule has 3 aliphatic heterocycles. The standard InChI is InChI=1S/C29H34N4O3/c34-29(23-11-14-33(19-23)28-10-8-22-5-1-2-6-25(22)31-28)30-24(20-32-12-3-4-13-32)17-21-7-9-26-27(18-21)36-16-15-35-26/h1-2,5-10,18,23-24H,3-4,11-17,19-20H2,(H,30,34). The number of carbonyl (C=O) groups excluding carboxylic acids is 1. The Morgan fingerprint density at radius 3 is 2.72 bits per heavy atom. The molecule has 0 saturated carbocycles. The molecule has 1 amide bonds. The highest BCUT2D eigenvalue weighted by atomic mass is 16.6. The Morgan fingerprint density at radius 2 is 1.83 bits per heavy atom. The van der Waals surface area contributed by atoms with E-state index in [0.717, 1.165) is 72.8 Å². The van der Waals surface area contributed by atoms with E-state index in [1.807, 2.05) is 24.3 Å². The summed E-state index contributed by atoms with van der Waals surface area (Å²) >= 11 is 0. The van der Waals surface area contributed by atoms with Crippen LogP contribution in [0, 0.1) is 5.92 Å². The zero-order valence-corrected chi connectivity index (χ0v) is 20.7. The van der Waals surface area contributed by atoms with Gasteiger partial charge in [0.1, 0.15) is 19.0 Å². The van der Waals surface area contributed by atoms with Crippen LogP contribution in [-0.4, -0.2) is 67.8 Å². The summed E-state index contributed by atoms with van der Waals surface area (Å²) in [5, 5.41) is 4.55. The van der Waals surface area contributed by atoms with E-state index in [9.17, 15) is 4.79 Å². The molecule has 2 atom stereocenters. The second-order valence-corrected chi connectivity index (χ2v) is 10.2. The molecule has 2 aromatic carbocycles. The maximum absolute atomic E-state index is 13.4. The van der Waals surface area contributed by atoms with Gasteiger partial charge in [0.15, 0.2) is 11.5 Å². The van der Waals surface area contributed by atoms with Crippen LogP contribution in [0.1, 0.15) is 24.8 Å². The molecule has 0 aliphatic carbocycles. The summed E-state index contributed by atoms with van der Waals surface area (Å²) in [7, 11) is 0. The second kappa shape index (κ2) is 10.3. The minimum absolute atomic E-state index is 0.0281. The number of amides is 1. The van der Waals surface area contributed by atoms with Crippen molar-refractivity contribution in [1.29, 1.82) is 0 Å². The van der Waals surface area contributed by atoms with E-state index in [2.05, 4.69) is 45.4 Å². The average molecular weight is 487 g/mol. The molecular formula is C29H34N4O3. The van der Waals surface area contributed by atoms with Gasteiger partial charge in [0.05, 0.1) is 11.4 Å². The fourth-order valence-electron chi connectivity index (χ4n) is 5.67. The Bertz CT molecular complexity index is 1230. The maximum atomic E-state index is 13.4. The van der Waals surface area contributed by atoms with Crippen molar-refractivity contribution in [3.8, 4) is 11.5 Å². The molecule has 7 heteroatoms. The molecule has 0 bridgehead atoms. The lowest BCUT2D eigenvalue weighted by Gasteiger charge is -2.26. The van der Waals surface area contributed by atoms with Crippen molar-refractivity contribution in [3.05, 3.63) is 60.2 Å². The topological polar surface area (TPSA) is 66.9 Å². The number of nitrogens with one attached hydrogen (secondary N) is 1. The smallest absolute Gasteiger partial charge is 0.225 e. The van der Waals surface area contributed by atoms with Crippen LogP contribution in [0.3, 0.4) is 0 Å². The number of likely N-dealkylation sites (tertiary alicyclic amines) is 1. The third-order valence-electron chi connectivity index (χ3n) is 7.58. The molecule has 0 spiro atoms. The molecule has 36 heavy (non-hydrogen) atoms. The van der Waals surface area contributed by atoms with Crippen molar-refractivity contribution in [2.45, 2.75) is 31.7 Å². The predicted octanol–water partition coefficient (Wildman–Crippen LogP) is 3.66. The summed E-state index contributed by atoms with van der Waals surface area (Å²) in [6.07, 6.45) is 4.10. The van der Waals surface area contributed by atoms with Crippen molar-refractivity contribution in [1.82, 2.24) is 15.2 Å². The fourth-order valence-corrected chi connectivity index (χ4v) is 5.67. The predicted molar refractivity (Wildman–Crippen MR) is 141 cm³/mol. The van der Waals surface area contributed by atoms with Gasteiger partial charge in [-0.3, -0.25) is 4.79 Å². The van der Waals surface area contributed by atoms with Gasteiger partial charge in [-0.2, -0.15) is 0 Å². The Labute approximate surface area is 212 Å². The first-order valence-electron chi connectivity index (χ1n) is 13.2. The van der Waals surface area contributed by atoms with Gasteiger partial charge in [0.2, 0.25) is 5.91 Å². The monoisotopic (exact) mass is 486 g/mol. The minimum Gasteiger partial charge on any atom is -0.486 e. The van der Waals surface area contributed by atoms with Crippen LogP contribution < -0.4 is 19.7 Å². The molecule has 2 unspecified atom stereocenters. The molecule has 1 aromatic heterocycles. The normalized spacial score (nSPS) is 20.6. The SMILES string of the molecule is O=C(NC(Cc1ccc2c(c1)OCCO2)CN1CCCC1)C1CCN(c2ccc3ccccc3n2)C1. The number of para-hydroxylation sites is 1. The third kappa shape index (κ3) is 5.12. The number of carbonyl (C=O) groups is 1. The molecule has 4 heterocycles. The van der Waals surface area contributed by atoms with Gasteiger partial charge in [-0.1, -0.05) is 24.3 Å². The quantitative estimate of drug-likeness (QED) is 0.550. The van der Waals surface area contributed by atoms with E-state index < -0.39 is 0 Å². The lowest BCUT2D eigenvalue weighted by molar-refractivity contribution is -0.125. The highest BCUT2D eigenvalue weighted by Gasteiger charge is 2.31. The van der Waals surface area contributed by atoms with Crippen molar-refractivity contribution in [2.75, 3.05) is 50.8 Å². The molecule has 0 radical (unpaired) electrons. The van der Waals surface area contributed by atoms with Crippen LogP contribution in [0.2, 0.25) is 0 Å². The van der Waals surface area contributed by atoms with Gasteiger partial charge < -0.3 is 24.6 Å². The molecule has 2 fully saturated rings. The van der Waals surface area contributed by atoms with Gasteiger partial charge >= 0.3 is 0 Å². The summed E-state index contributed by atoms with van der Waals surface area (Å²) < 4.78 is 11.5. The van der Waals surface area contributed by atoms with Crippen molar-refractivity contribution in [2.24, 2.45) is 5.92 Å². The zero-order chi connectivity index (χ0) is 24.3. The number of hydrogen-bond donors (Lipinski definition) is 1. The van der Waals surface area contributed by atoms with Gasteiger partial charge in [-0.25, -0.2) is 4.98 Å². The number of ether oxygens (including phenoxy) is 2. The van der Waals surface area contributed by atoms with Gasteiger partial charge in [-0.05, 0) is 74.7 Å². The van der Waals surface area contributed by atoms with Crippen molar-refractivity contribution in [3.63, 3.8) is 0 Å². The maximum Gasteiger partial charge on any atom is 0.225 e. The van der Waals surface area contributed by atoms with Crippen LogP contribution in [-0.2, 0) is 11.2 Å². The van der Waals surface area contributed by atoms with E-state index >= 15 is 0 Å². The number of hydrogen-bond acceptors (Lipinski definition) is 6. The highest BCUT2D eigenvalue weighted by molar-refractivity contribution is 5.82. The Hall–Kier alpha value is -3.32. The van der Waals surface area contributed by atoms with Crippen molar-refractivity contribution < 1.29 is 14.3 Å². The largest absolute Gasteiger partial charge is 0.486 e. The van der Waals surface area contributed by atoms with Gasteiger partial charge in [0, 0.05) is 31.1 Å². The lowest BCUT2D eigenvalue weighted by Crippen LogP contribution is -2.46. The average Bonchev–Trinajstić information content (AvgIpc) is 3.61. The van der Waals surface area contributed by atoms with Crippen LogP contribution in [0.5, 0.6) is 11.5 Å². The van der Waals surface area contributed by atoms with E-state index in [1.54, 1.807) is 0 Å². The molecule has 1 N–H and O–H groups in total. The summed E-state index contributed by atoms with van der Waals surface area (Å²) in [4.78, 5) is 23.0. The molecule has 188 valence electrons. The molecule has 3 aromatic rings. The van der Waals surface area contributed by atoms with Crippen LogP contribution in [0.25, 0.3) is 10.9 Å². The van der Waals surface area contributed by atoms with Gasteiger partial charge in [-0.15, -0.1) is 0 Å².